The fourth-order valence-electron chi connectivity index (χ4n) is 3.20. The van der Waals surface area contributed by atoms with Crippen LogP contribution >= 0.6 is 0 Å². The Hall–Kier alpha value is -1.91. The number of aliphatic imine (C=N–C) groups is 1. The van der Waals surface area contributed by atoms with Crippen LogP contribution < -0.4 is 20.5 Å². The fraction of sp³-hybridized carbons (Fsp3) is 0.611. The summed E-state index contributed by atoms with van der Waals surface area (Å²) in [6.07, 6.45) is 2.20. The molecule has 0 radical (unpaired) electrons. The summed E-state index contributed by atoms with van der Waals surface area (Å²) in [5.74, 6) is 2.87. The average Bonchev–Trinajstić information content (AvgIpc) is 3.09. The molecule has 3 atom stereocenters. The van der Waals surface area contributed by atoms with Crippen molar-refractivity contribution in [3.63, 3.8) is 0 Å². The number of guanidine groups is 1. The summed E-state index contributed by atoms with van der Waals surface area (Å²) in [7, 11) is 0. The second-order valence-corrected chi connectivity index (χ2v) is 6.79. The van der Waals surface area contributed by atoms with E-state index in [9.17, 15) is 0 Å². The molecule has 5 nitrogen and oxygen atoms in total. The number of benzene rings is 1. The third-order valence-corrected chi connectivity index (χ3v) is 4.23. The van der Waals surface area contributed by atoms with Gasteiger partial charge in [0.2, 0.25) is 0 Å². The highest BCUT2D eigenvalue weighted by molar-refractivity contribution is 5.78. The summed E-state index contributed by atoms with van der Waals surface area (Å²) < 4.78 is 11.8. The normalized spacial score (nSPS) is 26.0. The molecule has 0 amide bonds. The highest BCUT2D eigenvalue weighted by atomic mass is 16.5. The zero-order valence-corrected chi connectivity index (χ0v) is 14.4. The van der Waals surface area contributed by atoms with Crippen molar-refractivity contribution in [3.05, 3.63) is 23.3 Å². The zero-order chi connectivity index (χ0) is 16.6. The Morgan fingerprint density at radius 2 is 2.26 bits per heavy atom. The van der Waals surface area contributed by atoms with E-state index in [1.807, 2.05) is 6.92 Å². The van der Waals surface area contributed by atoms with Crippen LogP contribution in [-0.4, -0.2) is 30.8 Å². The van der Waals surface area contributed by atoms with Gasteiger partial charge in [-0.2, -0.15) is 0 Å². The lowest BCUT2D eigenvalue weighted by Gasteiger charge is -2.12. The van der Waals surface area contributed by atoms with E-state index in [1.54, 1.807) is 0 Å². The minimum atomic E-state index is 0.234. The number of rotatable bonds is 5. The van der Waals surface area contributed by atoms with Gasteiger partial charge in [0.15, 0.2) is 5.96 Å². The van der Waals surface area contributed by atoms with Crippen LogP contribution in [0.1, 0.15) is 51.2 Å². The topological polar surface area (TPSA) is 68.9 Å². The van der Waals surface area contributed by atoms with Crippen molar-refractivity contribution in [2.24, 2.45) is 10.7 Å². The molecule has 0 saturated heterocycles. The predicted octanol–water partition coefficient (Wildman–Crippen LogP) is 2.58. The van der Waals surface area contributed by atoms with Gasteiger partial charge in [-0.1, -0.05) is 0 Å². The van der Waals surface area contributed by atoms with E-state index >= 15 is 0 Å². The Bertz CT molecular complexity index is 613. The second-order valence-electron chi connectivity index (χ2n) is 6.79. The Kier molecular flexibility index (Phi) is 4.37. The molecule has 1 aliphatic carbocycles. The van der Waals surface area contributed by atoms with Crippen molar-refractivity contribution in [2.75, 3.05) is 6.61 Å². The fourth-order valence-corrected chi connectivity index (χ4v) is 3.20. The van der Waals surface area contributed by atoms with Gasteiger partial charge in [0.05, 0.1) is 12.6 Å². The number of nitrogens with two attached hydrogens (primary N) is 1. The summed E-state index contributed by atoms with van der Waals surface area (Å²) in [6, 6.07) is 4.82. The van der Waals surface area contributed by atoms with Crippen molar-refractivity contribution in [3.8, 4) is 11.5 Å². The standard InChI is InChI=1S/C18H27N3O2/c1-5-22-17-7-12-6-11(4)23-16(12)9-14(17)13-8-15(13)21-18(19)20-10(2)3/h7,9-11,13,15H,5-6,8H2,1-4H3,(H3,19,20,21). The SMILES string of the molecule is CCOc1cc2c(cc1C1CC1N=C(N)NC(C)C)OC(C)C2. The molecule has 1 aromatic rings. The first kappa shape index (κ1) is 16.0. The quantitative estimate of drug-likeness (QED) is 0.647. The van der Waals surface area contributed by atoms with E-state index in [0.29, 0.717) is 24.5 Å². The van der Waals surface area contributed by atoms with Gasteiger partial charge < -0.3 is 20.5 Å². The third-order valence-electron chi connectivity index (χ3n) is 4.23. The molecule has 2 aliphatic rings. The highest BCUT2D eigenvalue weighted by Crippen LogP contribution is 2.49. The molecule has 23 heavy (non-hydrogen) atoms. The molecule has 3 N–H and O–H groups in total. The number of hydrogen-bond donors (Lipinski definition) is 2. The van der Waals surface area contributed by atoms with E-state index in [4.69, 9.17) is 15.2 Å². The van der Waals surface area contributed by atoms with Gasteiger partial charge in [0.1, 0.15) is 17.6 Å². The molecule has 1 aromatic carbocycles. The maximum absolute atomic E-state index is 5.94. The number of ether oxygens (including phenoxy) is 2. The molecule has 126 valence electrons. The average molecular weight is 317 g/mol. The number of hydrogen-bond acceptors (Lipinski definition) is 3. The first-order valence-electron chi connectivity index (χ1n) is 8.54. The van der Waals surface area contributed by atoms with E-state index < -0.39 is 0 Å². The molecule has 5 heteroatoms. The summed E-state index contributed by atoms with van der Waals surface area (Å²) in [5, 5.41) is 3.15. The van der Waals surface area contributed by atoms with Crippen LogP contribution in [0.2, 0.25) is 0 Å². The predicted molar refractivity (Wildman–Crippen MR) is 92.4 cm³/mol. The zero-order valence-electron chi connectivity index (χ0n) is 14.4. The number of fused-ring (bicyclic) bond motifs is 1. The molecule has 1 saturated carbocycles. The lowest BCUT2D eigenvalue weighted by Crippen LogP contribution is -2.37. The second kappa shape index (κ2) is 6.30. The summed E-state index contributed by atoms with van der Waals surface area (Å²) in [5.41, 5.74) is 8.39. The van der Waals surface area contributed by atoms with Crippen molar-refractivity contribution in [1.82, 2.24) is 5.32 Å². The first-order chi connectivity index (χ1) is 11.0. The molecule has 1 aliphatic heterocycles. The van der Waals surface area contributed by atoms with Crippen molar-refractivity contribution < 1.29 is 9.47 Å². The van der Waals surface area contributed by atoms with Gasteiger partial charge in [0.25, 0.3) is 0 Å². The van der Waals surface area contributed by atoms with Gasteiger partial charge >= 0.3 is 0 Å². The first-order valence-corrected chi connectivity index (χ1v) is 8.54. The highest BCUT2D eigenvalue weighted by Gasteiger charge is 2.41. The van der Waals surface area contributed by atoms with Gasteiger partial charge in [-0.05, 0) is 46.2 Å². The smallest absolute Gasteiger partial charge is 0.189 e. The lowest BCUT2D eigenvalue weighted by molar-refractivity contribution is 0.254. The van der Waals surface area contributed by atoms with Crippen molar-refractivity contribution in [1.29, 1.82) is 0 Å². The van der Waals surface area contributed by atoms with E-state index in [0.717, 1.165) is 24.3 Å². The molecule has 0 spiro atoms. The molecule has 3 rings (SSSR count). The van der Waals surface area contributed by atoms with Crippen LogP contribution in [0.3, 0.4) is 0 Å². The van der Waals surface area contributed by atoms with Gasteiger partial charge in [-0.25, -0.2) is 4.99 Å². The van der Waals surface area contributed by atoms with Crippen LogP contribution in [0, 0.1) is 0 Å². The van der Waals surface area contributed by atoms with Gasteiger partial charge in [-0.3, -0.25) is 0 Å². The Morgan fingerprint density at radius 1 is 1.48 bits per heavy atom. The molecular weight excluding hydrogens is 290 g/mol. The van der Waals surface area contributed by atoms with Gasteiger partial charge in [-0.15, -0.1) is 0 Å². The van der Waals surface area contributed by atoms with Crippen LogP contribution in [-0.2, 0) is 6.42 Å². The van der Waals surface area contributed by atoms with E-state index in [1.165, 1.54) is 11.1 Å². The molecule has 1 fully saturated rings. The molecule has 0 bridgehead atoms. The maximum Gasteiger partial charge on any atom is 0.189 e. The molecule has 1 heterocycles. The monoisotopic (exact) mass is 317 g/mol. The Morgan fingerprint density at radius 3 is 2.96 bits per heavy atom. The Balaban J connectivity index is 1.79. The minimum absolute atomic E-state index is 0.234. The lowest BCUT2D eigenvalue weighted by atomic mass is 10.0. The summed E-state index contributed by atoms with van der Waals surface area (Å²) in [6.45, 7) is 8.89. The van der Waals surface area contributed by atoms with Crippen LogP contribution in [0.15, 0.2) is 17.1 Å². The van der Waals surface area contributed by atoms with Gasteiger partial charge in [0, 0.05) is 29.5 Å². The minimum Gasteiger partial charge on any atom is -0.494 e. The number of nitrogens with zero attached hydrogens (tertiary/aromatic N) is 1. The van der Waals surface area contributed by atoms with E-state index in [-0.39, 0.29) is 12.1 Å². The Labute approximate surface area is 138 Å². The van der Waals surface area contributed by atoms with Crippen LogP contribution in [0.4, 0.5) is 0 Å². The molecule has 0 aromatic heterocycles. The summed E-state index contributed by atoms with van der Waals surface area (Å²) in [4.78, 5) is 4.58. The van der Waals surface area contributed by atoms with Crippen LogP contribution in [0.25, 0.3) is 0 Å². The molecular formula is C18H27N3O2. The van der Waals surface area contributed by atoms with E-state index in [2.05, 4.69) is 43.2 Å². The van der Waals surface area contributed by atoms with Crippen molar-refractivity contribution >= 4 is 5.96 Å². The third kappa shape index (κ3) is 3.54. The largest absolute Gasteiger partial charge is 0.494 e. The summed E-state index contributed by atoms with van der Waals surface area (Å²) >= 11 is 0. The maximum atomic E-state index is 5.94. The number of nitrogens with one attached hydrogen (secondary N) is 1. The van der Waals surface area contributed by atoms with Crippen molar-refractivity contribution in [2.45, 2.75) is 64.6 Å². The molecule has 3 unspecified atom stereocenters. The van der Waals surface area contributed by atoms with Crippen LogP contribution in [0.5, 0.6) is 11.5 Å².